The molecule has 2 aromatic carbocycles. The van der Waals surface area contributed by atoms with E-state index in [2.05, 4.69) is 9.93 Å². The van der Waals surface area contributed by atoms with E-state index < -0.39 is 21.9 Å². The highest BCUT2D eigenvalue weighted by Crippen LogP contribution is 2.37. The van der Waals surface area contributed by atoms with Gasteiger partial charge in [-0.2, -0.15) is 31.2 Å². The van der Waals surface area contributed by atoms with E-state index in [9.17, 15) is 21.6 Å². The normalized spacial score (nSPS) is 13.5. The van der Waals surface area contributed by atoms with Crippen molar-refractivity contribution in [3.63, 3.8) is 0 Å². The molecule has 0 saturated carbocycles. The van der Waals surface area contributed by atoms with E-state index >= 15 is 0 Å². The third-order valence-electron chi connectivity index (χ3n) is 3.93. The molecular formula is C17H12F3N3O4S. The number of rotatable bonds is 4. The number of fused-ring (bicyclic) bond motifs is 1. The standard InChI is InChI=1S/C17H12F3N3O4S/c18-17(19,20)16-9-13(11-6-7-14-15(8-11)27-10-26-14)23(21-16)22-28(24,25)12-4-2-1-3-5-12/h1-9,22H,10H2. The van der Waals surface area contributed by atoms with Gasteiger partial charge in [0, 0.05) is 5.56 Å². The van der Waals surface area contributed by atoms with Gasteiger partial charge in [-0.3, -0.25) is 0 Å². The van der Waals surface area contributed by atoms with Crippen molar-refractivity contribution in [1.29, 1.82) is 0 Å². The second kappa shape index (κ2) is 6.44. The number of ether oxygens (including phenoxy) is 2. The molecule has 0 radical (unpaired) electrons. The van der Waals surface area contributed by atoms with E-state index in [-0.39, 0.29) is 22.9 Å². The Bertz CT molecular complexity index is 1130. The lowest BCUT2D eigenvalue weighted by Gasteiger charge is -2.11. The molecule has 1 aromatic heterocycles. The summed E-state index contributed by atoms with van der Waals surface area (Å²) >= 11 is 0. The number of hydrogen-bond donors (Lipinski definition) is 1. The number of halogens is 3. The lowest BCUT2D eigenvalue weighted by molar-refractivity contribution is -0.141. The van der Waals surface area contributed by atoms with Gasteiger partial charge in [-0.25, -0.2) is 0 Å². The third kappa shape index (κ3) is 3.36. The fraction of sp³-hybridized carbons (Fsp3) is 0.118. The smallest absolute Gasteiger partial charge is 0.435 e. The van der Waals surface area contributed by atoms with Crippen LogP contribution in [-0.2, 0) is 16.2 Å². The molecule has 0 amide bonds. The fourth-order valence-electron chi connectivity index (χ4n) is 2.62. The van der Waals surface area contributed by atoms with Gasteiger partial charge in [-0.1, -0.05) is 18.2 Å². The summed E-state index contributed by atoms with van der Waals surface area (Å²) in [5.74, 6) is 0.778. The highest BCUT2D eigenvalue weighted by atomic mass is 32.2. The predicted octanol–water partition coefficient (Wildman–Crippen LogP) is 3.23. The maximum absolute atomic E-state index is 13.2. The SMILES string of the molecule is O=S(=O)(Nn1nc(C(F)(F)F)cc1-c1ccc2c(c1)OCO2)c1ccccc1. The lowest BCUT2D eigenvalue weighted by atomic mass is 10.1. The second-order valence-electron chi connectivity index (χ2n) is 5.80. The minimum Gasteiger partial charge on any atom is -0.454 e. The maximum Gasteiger partial charge on any atom is 0.435 e. The number of sulfonamides is 1. The van der Waals surface area contributed by atoms with Gasteiger partial charge in [0.1, 0.15) is 0 Å². The van der Waals surface area contributed by atoms with E-state index in [4.69, 9.17) is 9.47 Å². The molecule has 0 fully saturated rings. The Hall–Kier alpha value is -3.21. The zero-order valence-electron chi connectivity index (χ0n) is 14.0. The van der Waals surface area contributed by atoms with Crippen LogP contribution < -0.4 is 14.3 Å². The zero-order valence-corrected chi connectivity index (χ0v) is 14.8. The first kappa shape index (κ1) is 18.2. The van der Waals surface area contributed by atoms with Crippen LogP contribution in [0, 0.1) is 0 Å². The van der Waals surface area contributed by atoms with Crippen LogP contribution >= 0.6 is 0 Å². The minimum absolute atomic E-state index is 0.00745. The Morgan fingerprint density at radius 1 is 1.00 bits per heavy atom. The van der Waals surface area contributed by atoms with Crippen LogP contribution in [0.25, 0.3) is 11.3 Å². The van der Waals surface area contributed by atoms with Gasteiger partial charge in [-0.15, -0.1) is 5.10 Å². The van der Waals surface area contributed by atoms with Crippen molar-refractivity contribution in [2.75, 3.05) is 11.6 Å². The number of nitrogens with one attached hydrogen (secondary N) is 1. The van der Waals surface area contributed by atoms with Gasteiger partial charge in [0.2, 0.25) is 6.79 Å². The zero-order chi connectivity index (χ0) is 19.9. The van der Waals surface area contributed by atoms with E-state index in [0.29, 0.717) is 16.3 Å². The second-order valence-corrected chi connectivity index (χ2v) is 7.46. The number of aromatic nitrogens is 2. The summed E-state index contributed by atoms with van der Waals surface area (Å²) in [5, 5.41) is 3.39. The molecule has 0 unspecified atom stereocenters. The van der Waals surface area contributed by atoms with Gasteiger partial charge >= 0.3 is 6.18 Å². The van der Waals surface area contributed by atoms with Gasteiger partial charge in [0.15, 0.2) is 17.2 Å². The topological polar surface area (TPSA) is 82.5 Å². The summed E-state index contributed by atoms with van der Waals surface area (Å²) < 4.78 is 75.0. The first-order valence-electron chi connectivity index (χ1n) is 7.89. The quantitative estimate of drug-likeness (QED) is 0.713. The minimum atomic E-state index is -4.76. The molecule has 0 saturated heterocycles. The molecule has 3 aromatic rings. The van der Waals surface area contributed by atoms with Crippen LogP contribution in [0.4, 0.5) is 13.2 Å². The Morgan fingerprint density at radius 2 is 1.71 bits per heavy atom. The number of hydrogen-bond acceptors (Lipinski definition) is 5. The van der Waals surface area contributed by atoms with Gasteiger partial charge in [0.05, 0.1) is 10.6 Å². The Labute approximate surface area is 157 Å². The van der Waals surface area contributed by atoms with Gasteiger partial charge in [0.25, 0.3) is 10.0 Å². The van der Waals surface area contributed by atoms with Crippen molar-refractivity contribution < 1.29 is 31.1 Å². The average Bonchev–Trinajstić information content (AvgIpc) is 3.28. The lowest BCUT2D eigenvalue weighted by Crippen LogP contribution is -2.25. The van der Waals surface area contributed by atoms with Gasteiger partial charge in [-0.05, 0) is 36.4 Å². The first-order chi connectivity index (χ1) is 13.2. The molecule has 0 aliphatic carbocycles. The summed E-state index contributed by atoms with van der Waals surface area (Å²) in [6, 6.07) is 12.5. The molecule has 1 N–H and O–H groups in total. The predicted molar refractivity (Wildman–Crippen MR) is 91.8 cm³/mol. The average molecular weight is 411 g/mol. The maximum atomic E-state index is 13.2. The molecule has 146 valence electrons. The highest BCUT2D eigenvalue weighted by Gasteiger charge is 2.36. The highest BCUT2D eigenvalue weighted by molar-refractivity contribution is 7.92. The largest absolute Gasteiger partial charge is 0.454 e. The van der Waals surface area contributed by atoms with Crippen LogP contribution in [0.2, 0.25) is 0 Å². The van der Waals surface area contributed by atoms with E-state index in [1.165, 1.54) is 42.5 Å². The van der Waals surface area contributed by atoms with Crippen molar-refractivity contribution in [3.05, 3.63) is 60.3 Å². The van der Waals surface area contributed by atoms with Crippen LogP contribution in [-0.4, -0.2) is 25.1 Å². The van der Waals surface area contributed by atoms with Gasteiger partial charge < -0.3 is 9.47 Å². The number of nitrogens with zero attached hydrogens (tertiary/aromatic N) is 2. The molecule has 7 nitrogen and oxygen atoms in total. The molecule has 4 rings (SSSR count). The number of alkyl halides is 3. The summed E-state index contributed by atoms with van der Waals surface area (Å²) in [6.07, 6.45) is -4.76. The monoisotopic (exact) mass is 411 g/mol. The molecule has 11 heteroatoms. The Balaban J connectivity index is 1.79. The summed E-state index contributed by atoms with van der Waals surface area (Å²) in [6.45, 7) is -0.00745. The molecule has 0 bridgehead atoms. The van der Waals surface area contributed by atoms with Crippen LogP contribution in [0.15, 0.2) is 59.5 Å². The van der Waals surface area contributed by atoms with Crippen molar-refractivity contribution in [2.45, 2.75) is 11.1 Å². The van der Waals surface area contributed by atoms with E-state index in [1.807, 2.05) is 0 Å². The van der Waals surface area contributed by atoms with Crippen molar-refractivity contribution in [3.8, 4) is 22.8 Å². The Kier molecular flexibility index (Phi) is 4.18. The molecular weight excluding hydrogens is 399 g/mol. The summed E-state index contributed by atoms with van der Waals surface area (Å²) in [7, 11) is -4.16. The molecule has 0 spiro atoms. The molecule has 0 atom stereocenters. The van der Waals surface area contributed by atoms with Crippen LogP contribution in [0.5, 0.6) is 11.5 Å². The Morgan fingerprint density at radius 3 is 2.43 bits per heavy atom. The number of benzene rings is 2. The molecule has 2 heterocycles. The van der Waals surface area contributed by atoms with Crippen molar-refractivity contribution in [2.24, 2.45) is 0 Å². The van der Waals surface area contributed by atoms with Crippen LogP contribution in [0.1, 0.15) is 5.69 Å². The first-order valence-corrected chi connectivity index (χ1v) is 9.37. The molecule has 1 aliphatic heterocycles. The fourth-order valence-corrected chi connectivity index (χ4v) is 3.60. The van der Waals surface area contributed by atoms with Crippen LogP contribution in [0.3, 0.4) is 0 Å². The third-order valence-corrected chi connectivity index (χ3v) is 5.23. The van der Waals surface area contributed by atoms with E-state index in [0.717, 1.165) is 6.07 Å². The molecule has 28 heavy (non-hydrogen) atoms. The van der Waals surface area contributed by atoms with E-state index in [1.54, 1.807) is 6.07 Å². The summed E-state index contributed by atoms with van der Waals surface area (Å²) in [4.78, 5) is 2.54. The van der Waals surface area contributed by atoms with Crippen molar-refractivity contribution >= 4 is 10.0 Å². The summed E-state index contributed by atoms with van der Waals surface area (Å²) in [5.41, 5.74) is -1.08. The molecule has 1 aliphatic rings. The van der Waals surface area contributed by atoms with Crippen molar-refractivity contribution in [1.82, 2.24) is 9.89 Å².